The van der Waals surface area contributed by atoms with E-state index in [1.807, 2.05) is 0 Å². The molecule has 0 spiro atoms. The highest BCUT2D eigenvalue weighted by Gasteiger charge is 2.02. The molecule has 56 valence electrons. The van der Waals surface area contributed by atoms with Crippen LogP contribution in [0.4, 0.5) is 0 Å². The van der Waals surface area contributed by atoms with E-state index in [9.17, 15) is 8.42 Å². The fourth-order valence-corrected chi connectivity index (χ4v) is 1.43. The molecule has 0 aliphatic heterocycles. The number of alkyl halides is 1. The second-order valence-electron chi connectivity index (χ2n) is 1.64. The summed E-state index contributed by atoms with van der Waals surface area (Å²) in [4.78, 5) is 0. The van der Waals surface area contributed by atoms with E-state index in [0.717, 1.165) is 0 Å². The Hall–Kier alpha value is 0.530. The Morgan fingerprint density at radius 1 is 1.22 bits per heavy atom. The highest BCUT2D eigenvalue weighted by molar-refractivity contribution is 8.13. The van der Waals surface area contributed by atoms with E-state index in [-0.39, 0.29) is 5.75 Å². The van der Waals surface area contributed by atoms with Gasteiger partial charge in [0, 0.05) is 16.6 Å². The predicted octanol–water partition coefficient (Wildman–Crippen LogP) is 1.57. The van der Waals surface area contributed by atoms with E-state index in [1.165, 1.54) is 0 Å². The average Bonchev–Trinajstić information content (AvgIpc) is 1.63. The van der Waals surface area contributed by atoms with Gasteiger partial charge in [-0.05, 0) is 12.8 Å². The fraction of sp³-hybridized carbons (Fsp3) is 1.00. The molecule has 0 aromatic heterocycles. The molecule has 0 atom stereocenters. The minimum Gasteiger partial charge on any atom is -0.212 e. The van der Waals surface area contributed by atoms with Crippen LogP contribution in [0.2, 0.25) is 0 Å². The molecule has 0 fully saturated rings. The molecule has 0 saturated heterocycles. The molecule has 0 aromatic carbocycles. The van der Waals surface area contributed by atoms with Crippen LogP contribution in [0.5, 0.6) is 0 Å². The zero-order valence-electron chi connectivity index (χ0n) is 4.81. The molecular weight excluding hydrogens is 183 g/mol. The zero-order valence-corrected chi connectivity index (χ0v) is 7.14. The quantitative estimate of drug-likeness (QED) is 0.384. The normalized spacial score (nSPS) is 11.8. The van der Waals surface area contributed by atoms with Crippen molar-refractivity contribution < 1.29 is 8.42 Å². The number of rotatable bonds is 4. The monoisotopic (exact) mass is 190 g/mol. The smallest absolute Gasteiger partial charge is 0.212 e. The Morgan fingerprint density at radius 2 is 1.78 bits per heavy atom. The Kier molecular flexibility index (Phi) is 4.62. The van der Waals surface area contributed by atoms with E-state index in [0.29, 0.717) is 18.7 Å². The molecule has 0 saturated carbocycles. The van der Waals surface area contributed by atoms with Crippen LogP contribution in [0.3, 0.4) is 0 Å². The largest absolute Gasteiger partial charge is 0.232 e. The van der Waals surface area contributed by atoms with Crippen molar-refractivity contribution in [2.24, 2.45) is 0 Å². The molecule has 0 aromatic rings. The van der Waals surface area contributed by atoms with Gasteiger partial charge in [-0.3, -0.25) is 0 Å². The van der Waals surface area contributed by atoms with Crippen molar-refractivity contribution in [2.75, 3.05) is 11.6 Å². The lowest BCUT2D eigenvalue weighted by atomic mass is 10.4. The molecule has 0 N–H and O–H groups in total. The van der Waals surface area contributed by atoms with Gasteiger partial charge in [0.2, 0.25) is 9.05 Å². The lowest BCUT2D eigenvalue weighted by molar-refractivity contribution is 0.606. The minimum absolute atomic E-state index is 0.0290. The molecule has 0 aliphatic carbocycles. The number of hydrogen-bond acceptors (Lipinski definition) is 2. The van der Waals surface area contributed by atoms with Gasteiger partial charge >= 0.3 is 0 Å². The highest BCUT2D eigenvalue weighted by Crippen LogP contribution is 2.01. The summed E-state index contributed by atoms with van der Waals surface area (Å²) in [7, 11) is 1.62. The van der Waals surface area contributed by atoms with E-state index in [2.05, 4.69) is 0 Å². The first-order valence-corrected chi connectivity index (χ1v) is 5.56. The second kappa shape index (κ2) is 4.36. The molecule has 9 heavy (non-hydrogen) atoms. The molecule has 0 rings (SSSR count). The third-order valence-electron chi connectivity index (χ3n) is 0.772. The molecule has 0 amide bonds. The van der Waals surface area contributed by atoms with Crippen molar-refractivity contribution in [3.05, 3.63) is 0 Å². The van der Waals surface area contributed by atoms with Crippen LogP contribution < -0.4 is 0 Å². The van der Waals surface area contributed by atoms with Crippen molar-refractivity contribution in [2.45, 2.75) is 12.8 Å². The van der Waals surface area contributed by atoms with Crippen LogP contribution in [0.1, 0.15) is 12.8 Å². The van der Waals surface area contributed by atoms with Crippen molar-refractivity contribution >= 4 is 31.3 Å². The van der Waals surface area contributed by atoms with E-state index >= 15 is 0 Å². The van der Waals surface area contributed by atoms with Crippen molar-refractivity contribution in [1.29, 1.82) is 0 Å². The van der Waals surface area contributed by atoms with Crippen molar-refractivity contribution in [3.8, 4) is 0 Å². The van der Waals surface area contributed by atoms with Crippen LogP contribution >= 0.6 is 22.3 Å². The number of unbranched alkanes of at least 4 members (excludes halogenated alkanes) is 1. The van der Waals surface area contributed by atoms with Gasteiger partial charge in [-0.2, -0.15) is 0 Å². The van der Waals surface area contributed by atoms with Gasteiger partial charge in [0.15, 0.2) is 0 Å². The Balaban J connectivity index is 3.30. The van der Waals surface area contributed by atoms with Gasteiger partial charge < -0.3 is 0 Å². The molecular formula is C4H8Cl2O2S. The van der Waals surface area contributed by atoms with Crippen LogP contribution in [0, 0.1) is 0 Å². The zero-order chi connectivity index (χ0) is 7.33. The van der Waals surface area contributed by atoms with Gasteiger partial charge in [-0.15, -0.1) is 11.6 Å². The third kappa shape index (κ3) is 8.53. The van der Waals surface area contributed by atoms with Crippen LogP contribution in [-0.2, 0) is 9.05 Å². The van der Waals surface area contributed by atoms with Gasteiger partial charge in [-0.25, -0.2) is 8.42 Å². The third-order valence-corrected chi connectivity index (χ3v) is 2.28. The van der Waals surface area contributed by atoms with Crippen molar-refractivity contribution in [1.82, 2.24) is 0 Å². The summed E-state index contributed by atoms with van der Waals surface area (Å²) >= 11 is 5.29. The van der Waals surface area contributed by atoms with Crippen LogP contribution in [0.25, 0.3) is 0 Å². The summed E-state index contributed by atoms with van der Waals surface area (Å²) in [6.45, 7) is 0. The maximum absolute atomic E-state index is 10.2. The lowest BCUT2D eigenvalue weighted by Gasteiger charge is -1.91. The second-order valence-corrected chi connectivity index (χ2v) is 4.91. The molecule has 0 heterocycles. The van der Waals surface area contributed by atoms with Gasteiger partial charge in [0.05, 0.1) is 5.75 Å². The predicted molar refractivity (Wildman–Crippen MR) is 39.6 cm³/mol. The summed E-state index contributed by atoms with van der Waals surface area (Å²) in [5, 5.41) is 0. The summed E-state index contributed by atoms with van der Waals surface area (Å²) in [6.07, 6.45) is 1.25. The Labute approximate surface area is 64.6 Å². The maximum Gasteiger partial charge on any atom is 0.232 e. The highest BCUT2D eigenvalue weighted by atomic mass is 35.7. The first-order valence-electron chi connectivity index (χ1n) is 2.54. The molecule has 0 bridgehead atoms. The van der Waals surface area contributed by atoms with Crippen LogP contribution in [0.15, 0.2) is 0 Å². The minimum atomic E-state index is -3.28. The Morgan fingerprint density at radius 3 is 2.11 bits per heavy atom. The van der Waals surface area contributed by atoms with Gasteiger partial charge in [-0.1, -0.05) is 0 Å². The van der Waals surface area contributed by atoms with Gasteiger partial charge in [0.1, 0.15) is 0 Å². The van der Waals surface area contributed by atoms with Crippen LogP contribution in [-0.4, -0.2) is 20.1 Å². The van der Waals surface area contributed by atoms with E-state index in [1.54, 1.807) is 0 Å². The summed E-state index contributed by atoms with van der Waals surface area (Å²) < 4.78 is 20.5. The summed E-state index contributed by atoms with van der Waals surface area (Å²) in [6, 6.07) is 0. The molecule has 5 heteroatoms. The summed E-state index contributed by atoms with van der Waals surface area (Å²) in [5.74, 6) is 0.522. The molecule has 0 unspecified atom stereocenters. The number of hydrogen-bond donors (Lipinski definition) is 0. The first kappa shape index (κ1) is 9.53. The maximum atomic E-state index is 10.2. The first-order chi connectivity index (χ1) is 4.06. The Bertz CT molecular complexity index is 152. The fourth-order valence-electron chi connectivity index (χ4n) is 0.369. The average molecular weight is 191 g/mol. The topological polar surface area (TPSA) is 34.1 Å². The summed E-state index contributed by atoms with van der Waals surface area (Å²) in [5.41, 5.74) is 0. The van der Waals surface area contributed by atoms with Gasteiger partial charge in [0.25, 0.3) is 0 Å². The van der Waals surface area contributed by atoms with E-state index < -0.39 is 9.05 Å². The number of halogens is 2. The van der Waals surface area contributed by atoms with E-state index in [4.69, 9.17) is 22.3 Å². The lowest BCUT2D eigenvalue weighted by Crippen LogP contribution is -1.96. The molecule has 0 aliphatic rings. The SMILES string of the molecule is O=S(=O)(Cl)CCCCCl. The standard InChI is InChI=1S/C4H8Cl2O2S/c5-3-1-2-4-9(6,7)8/h1-4H2. The molecule has 0 radical (unpaired) electrons. The van der Waals surface area contributed by atoms with Crippen molar-refractivity contribution in [3.63, 3.8) is 0 Å². The molecule has 2 nitrogen and oxygen atoms in total.